The molecule has 0 aromatic carbocycles. The van der Waals surface area contributed by atoms with Crippen molar-refractivity contribution in [3.8, 4) is 0 Å². The highest BCUT2D eigenvalue weighted by atomic mass is 16.4. The van der Waals surface area contributed by atoms with E-state index in [0.717, 1.165) is 19.3 Å². The Morgan fingerprint density at radius 2 is 2.07 bits per heavy atom. The molecule has 0 aromatic rings. The molecule has 1 aliphatic rings. The largest absolute Gasteiger partial charge is 0.481 e. The first-order valence-electron chi connectivity index (χ1n) is 5.87. The zero-order valence-electron chi connectivity index (χ0n) is 9.70. The van der Waals surface area contributed by atoms with Gasteiger partial charge in [-0.2, -0.15) is 0 Å². The van der Waals surface area contributed by atoms with E-state index >= 15 is 0 Å². The summed E-state index contributed by atoms with van der Waals surface area (Å²) in [6.07, 6.45) is 4.22. The number of rotatable bonds is 3. The van der Waals surface area contributed by atoms with Crippen molar-refractivity contribution >= 4 is 5.97 Å². The normalized spacial score (nSPS) is 32.7. The minimum atomic E-state index is -0.949. The van der Waals surface area contributed by atoms with Gasteiger partial charge in [-0.05, 0) is 31.1 Å². The van der Waals surface area contributed by atoms with Crippen LogP contribution in [0.5, 0.6) is 0 Å². The predicted octanol–water partition coefficient (Wildman–Crippen LogP) is 2.43. The van der Waals surface area contributed by atoms with Gasteiger partial charge in [0.1, 0.15) is 0 Å². The number of carboxylic acid groups (broad SMARTS) is 1. The molecule has 2 unspecified atom stereocenters. The van der Waals surface area contributed by atoms with Gasteiger partial charge < -0.3 is 10.2 Å². The highest BCUT2D eigenvalue weighted by Crippen LogP contribution is 2.35. The Balaban J connectivity index is 2.54. The number of carboxylic acids is 1. The summed E-state index contributed by atoms with van der Waals surface area (Å²) >= 11 is 0. The summed E-state index contributed by atoms with van der Waals surface area (Å²) in [4.78, 5) is 10.6. The van der Waals surface area contributed by atoms with Crippen LogP contribution in [0.3, 0.4) is 0 Å². The molecule has 0 aromatic heterocycles. The molecule has 0 spiro atoms. The molecule has 2 N–H and O–H groups in total. The predicted molar refractivity (Wildman–Crippen MR) is 58.6 cm³/mol. The van der Waals surface area contributed by atoms with E-state index in [1.165, 1.54) is 0 Å². The highest BCUT2D eigenvalue weighted by Gasteiger charge is 2.33. The van der Waals surface area contributed by atoms with Crippen LogP contribution in [0.4, 0.5) is 0 Å². The van der Waals surface area contributed by atoms with Gasteiger partial charge >= 0.3 is 5.97 Å². The van der Waals surface area contributed by atoms with E-state index in [-0.39, 0.29) is 6.42 Å². The SMILES string of the molecule is CC(C)C1CCCC(O)(CC(=O)O)CC1. The van der Waals surface area contributed by atoms with Crippen LogP contribution < -0.4 is 0 Å². The van der Waals surface area contributed by atoms with E-state index in [1.54, 1.807) is 0 Å². The Bertz CT molecular complexity index is 225. The Labute approximate surface area is 91.5 Å². The molecule has 0 saturated heterocycles. The third-order valence-corrected chi connectivity index (χ3v) is 3.62. The molecule has 15 heavy (non-hydrogen) atoms. The van der Waals surface area contributed by atoms with Crippen molar-refractivity contribution in [3.63, 3.8) is 0 Å². The average Bonchev–Trinajstić information content (AvgIpc) is 2.25. The Kier molecular flexibility index (Phi) is 4.14. The van der Waals surface area contributed by atoms with Crippen LogP contribution in [0.15, 0.2) is 0 Å². The second-order valence-electron chi connectivity index (χ2n) is 5.23. The molecule has 0 radical (unpaired) electrons. The fourth-order valence-corrected chi connectivity index (χ4v) is 2.54. The van der Waals surface area contributed by atoms with Gasteiger partial charge in [-0.1, -0.05) is 26.7 Å². The molecule has 0 bridgehead atoms. The summed E-state index contributed by atoms with van der Waals surface area (Å²) in [5, 5.41) is 18.9. The fourth-order valence-electron chi connectivity index (χ4n) is 2.54. The van der Waals surface area contributed by atoms with Crippen LogP contribution in [-0.4, -0.2) is 21.8 Å². The first-order chi connectivity index (χ1) is 6.93. The summed E-state index contributed by atoms with van der Waals surface area (Å²) < 4.78 is 0. The standard InChI is InChI=1S/C12H22O3/c1-9(2)10-4-3-6-12(15,7-5-10)8-11(13)14/h9-10,15H,3-8H2,1-2H3,(H,13,14). The minimum Gasteiger partial charge on any atom is -0.481 e. The number of aliphatic carboxylic acids is 1. The summed E-state index contributed by atoms with van der Waals surface area (Å²) in [6, 6.07) is 0. The lowest BCUT2D eigenvalue weighted by molar-refractivity contribution is -0.143. The zero-order chi connectivity index (χ0) is 11.5. The van der Waals surface area contributed by atoms with Crippen molar-refractivity contribution in [1.82, 2.24) is 0 Å². The summed E-state index contributed by atoms with van der Waals surface area (Å²) in [5.41, 5.74) is -0.949. The molecular formula is C12H22O3. The molecule has 1 rings (SSSR count). The van der Waals surface area contributed by atoms with Crippen molar-refractivity contribution in [1.29, 1.82) is 0 Å². The third kappa shape index (κ3) is 3.82. The van der Waals surface area contributed by atoms with E-state index in [9.17, 15) is 9.90 Å². The molecule has 3 nitrogen and oxygen atoms in total. The number of aliphatic hydroxyl groups is 1. The lowest BCUT2D eigenvalue weighted by Crippen LogP contribution is -2.31. The molecule has 1 fully saturated rings. The topological polar surface area (TPSA) is 57.5 Å². The van der Waals surface area contributed by atoms with Crippen LogP contribution in [0.1, 0.15) is 52.4 Å². The molecule has 1 saturated carbocycles. The van der Waals surface area contributed by atoms with Crippen LogP contribution in [0.25, 0.3) is 0 Å². The van der Waals surface area contributed by atoms with Crippen molar-refractivity contribution in [2.45, 2.75) is 58.0 Å². The van der Waals surface area contributed by atoms with Crippen LogP contribution >= 0.6 is 0 Å². The summed E-state index contributed by atoms with van der Waals surface area (Å²) in [5.74, 6) is 0.394. The number of carbonyl (C=O) groups is 1. The monoisotopic (exact) mass is 214 g/mol. The number of hydrogen-bond donors (Lipinski definition) is 2. The van der Waals surface area contributed by atoms with Gasteiger partial charge in [-0.3, -0.25) is 4.79 Å². The van der Waals surface area contributed by atoms with Gasteiger partial charge in [0.05, 0.1) is 12.0 Å². The third-order valence-electron chi connectivity index (χ3n) is 3.62. The fraction of sp³-hybridized carbons (Fsp3) is 0.917. The van der Waals surface area contributed by atoms with E-state index in [4.69, 9.17) is 5.11 Å². The summed E-state index contributed by atoms with van der Waals surface area (Å²) in [6.45, 7) is 4.40. The van der Waals surface area contributed by atoms with Gasteiger partial charge in [-0.25, -0.2) is 0 Å². The van der Waals surface area contributed by atoms with Crippen molar-refractivity contribution < 1.29 is 15.0 Å². The van der Waals surface area contributed by atoms with Gasteiger partial charge in [0, 0.05) is 0 Å². The first-order valence-corrected chi connectivity index (χ1v) is 5.87. The molecule has 1 aliphatic carbocycles. The molecule has 88 valence electrons. The molecule has 0 heterocycles. The average molecular weight is 214 g/mol. The molecule has 2 atom stereocenters. The second-order valence-corrected chi connectivity index (χ2v) is 5.23. The maximum absolute atomic E-state index is 10.6. The number of hydrogen-bond acceptors (Lipinski definition) is 2. The van der Waals surface area contributed by atoms with Gasteiger partial charge in [0.25, 0.3) is 0 Å². The molecular weight excluding hydrogens is 192 g/mol. The summed E-state index contributed by atoms with van der Waals surface area (Å²) in [7, 11) is 0. The lowest BCUT2D eigenvalue weighted by Gasteiger charge is -2.25. The van der Waals surface area contributed by atoms with Crippen molar-refractivity contribution in [2.24, 2.45) is 11.8 Å². The molecule has 0 aliphatic heterocycles. The smallest absolute Gasteiger partial charge is 0.306 e. The van der Waals surface area contributed by atoms with Crippen LogP contribution in [0, 0.1) is 11.8 Å². The van der Waals surface area contributed by atoms with Crippen molar-refractivity contribution in [2.75, 3.05) is 0 Å². The van der Waals surface area contributed by atoms with E-state index in [0.29, 0.717) is 24.7 Å². The Morgan fingerprint density at radius 1 is 1.40 bits per heavy atom. The quantitative estimate of drug-likeness (QED) is 0.709. The molecule has 3 heteroatoms. The van der Waals surface area contributed by atoms with Gasteiger partial charge in [-0.15, -0.1) is 0 Å². The van der Waals surface area contributed by atoms with E-state index in [2.05, 4.69) is 13.8 Å². The van der Waals surface area contributed by atoms with Crippen molar-refractivity contribution in [3.05, 3.63) is 0 Å². The van der Waals surface area contributed by atoms with Crippen LogP contribution in [0.2, 0.25) is 0 Å². The molecule has 0 amide bonds. The minimum absolute atomic E-state index is 0.0994. The maximum Gasteiger partial charge on any atom is 0.306 e. The van der Waals surface area contributed by atoms with Gasteiger partial charge in [0.2, 0.25) is 0 Å². The Hall–Kier alpha value is -0.570. The second kappa shape index (κ2) is 4.97. The van der Waals surface area contributed by atoms with E-state index < -0.39 is 11.6 Å². The highest BCUT2D eigenvalue weighted by molar-refractivity contribution is 5.68. The van der Waals surface area contributed by atoms with Gasteiger partial charge in [0.15, 0.2) is 0 Å². The van der Waals surface area contributed by atoms with Crippen LogP contribution in [-0.2, 0) is 4.79 Å². The zero-order valence-corrected chi connectivity index (χ0v) is 9.70. The van der Waals surface area contributed by atoms with E-state index in [1.807, 2.05) is 0 Å². The Morgan fingerprint density at radius 3 is 2.60 bits per heavy atom. The lowest BCUT2D eigenvalue weighted by atomic mass is 9.87. The maximum atomic E-state index is 10.6. The first kappa shape index (κ1) is 12.5.